The molecule has 1 aliphatic rings. The normalized spacial score (nSPS) is 19.9. The second kappa shape index (κ2) is 5.41. The maximum Gasteiger partial charge on any atom is 0.0208 e. The molecule has 18 heavy (non-hydrogen) atoms. The molecule has 2 nitrogen and oxygen atoms in total. The zero-order valence-corrected chi connectivity index (χ0v) is 12.2. The molecule has 0 fully saturated rings. The van der Waals surface area contributed by atoms with Gasteiger partial charge in [0.05, 0.1) is 0 Å². The molecule has 0 saturated heterocycles. The Balaban J connectivity index is 2.12. The van der Waals surface area contributed by atoms with Gasteiger partial charge in [-0.2, -0.15) is 0 Å². The lowest BCUT2D eigenvalue weighted by Gasteiger charge is -2.38. The van der Waals surface area contributed by atoms with Crippen LogP contribution < -0.4 is 5.32 Å². The van der Waals surface area contributed by atoms with Gasteiger partial charge in [-0.15, -0.1) is 0 Å². The first-order valence-electron chi connectivity index (χ1n) is 7.04. The van der Waals surface area contributed by atoms with Gasteiger partial charge in [0.2, 0.25) is 0 Å². The van der Waals surface area contributed by atoms with E-state index >= 15 is 0 Å². The number of nitrogens with one attached hydrogen (secondary N) is 1. The van der Waals surface area contributed by atoms with Gasteiger partial charge in [-0.25, -0.2) is 0 Å². The molecule has 0 radical (unpaired) electrons. The van der Waals surface area contributed by atoms with E-state index < -0.39 is 0 Å². The summed E-state index contributed by atoms with van der Waals surface area (Å²) < 4.78 is 0. The van der Waals surface area contributed by atoms with Crippen molar-refractivity contribution in [2.24, 2.45) is 0 Å². The van der Waals surface area contributed by atoms with E-state index in [4.69, 9.17) is 0 Å². The minimum absolute atomic E-state index is 0.284. The summed E-state index contributed by atoms with van der Waals surface area (Å²) in [6.07, 6.45) is 1.19. The van der Waals surface area contributed by atoms with Crippen molar-refractivity contribution in [1.29, 1.82) is 0 Å². The van der Waals surface area contributed by atoms with E-state index in [-0.39, 0.29) is 5.54 Å². The van der Waals surface area contributed by atoms with Gasteiger partial charge in [0.15, 0.2) is 0 Å². The lowest BCUT2D eigenvalue weighted by Crippen LogP contribution is -2.45. The van der Waals surface area contributed by atoms with E-state index in [0.717, 1.165) is 19.6 Å². The van der Waals surface area contributed by atoms with Crippen LogP contribution in [0.4, 0.5) is 0 Å². The van der Waals surface area contributed by atoms with Crippen molar-refractivity contribution in [3.8, 4) is 0 Å². The summed E-state index contributed by atoms with van der Waals surface area (Å²) >= 11 is 0. The number of rotatable bonds is 4. The molecule has 0 saturated carbocycles. The molecule has 1 aromatic carbocycles. The van der Waals surface area contributed by atoms with Crippen LogP contribution >= 0.6 is 0 Å². The molecule has 1 unspecified atom stereocenters. The van der Waals surface area contributed by atoms with Crippen LogP contribution in [0.1, 0.15) is 44.2 Å². The second-order valence-electron chi connectivity index (χ2n) is 6.07. The lowest BCUT2D eigenvalue weighted by molar-refractivity contribution is 0.139. The van der Waals surface area contributed by atoms with Gasteiger partial charge >= 0.3 is 0 Å². The summed E-state index contributed by atoms with van der Waals surface area (Å²) in [5.41, 5.74) is 3.29. The third-order valence-corrected chi connectivity index (χ3v) is 4.59. The molecular weight excluding hydrogens is 220 g/mol. The lowest BCUT2D eigenvalue weighted by atomic mass is 9.89. The molecule has 1 atom stereocenters. The first kappa shape index (κ1) is 13.6. The maximum atomic E-state index is 3.54. The predicted octanol–water partition coefficient (Wildman–Crippen LogP) is 2.99. The van der Waals surface area contributed by atoms with Gasteiger partial charge in [0, 0.05) is 31.1 Å². The summed E-state index contributed by atoms with van der Waals surface area (Å²) in [5.74, 6) is 0.616. The molecule has 2 heteroatoms. The summed E-state index contributed by atoms with van der Waals surface area (Å²) in [6, 6.07) is 8.86. The minimum Gasteiger partial charge on any atom is -0.312 e. The summed E-state index contributed by atoms with van der Waals surface area (Å²) in [7, 11) is 2.25. The van der Waals surface area contributed by atoms with Crippen molar-refractivity contribution < 1.29 is 0 Å². The zero-order chi connectivity index (χ0) is 13.2. The first-order chi connectivity index (χ1) is 8.54. The number of fused-ring (bicyclic) bond motifs is 1. The molecule has 1 N–H and O–H groups in total. The highest BCUT2D eigenvalue weighted by Gasteiger charge is 2.26. The van der Waals surface area contributed by atoms with E-state index in [2.05, 4.69) is 62.3 Å². The molecule has 1 heterocycles. The van der Waals surface area contributed by atoms with Crippen molar-refractivity contribution in [3.63, 3.8) is 0 Å². The Labute approximate surface area is 111 Å². The Kier molecular flexibility index (Phi) is 4.08. The van der Waals surface area contributed by atoms with Gasteiger partial charge in [-0.1, -0.05) is 31.2 Å². The Hall–Kier alpha value is -0.860. The smallest absolute Gasteiger partial charge is 0.0208 e. The highest BCUT2D eigenvalue weighted by molar-refractivity contribution is 5.33. The molecule has 0 aliphatic carbocycles. The van der Waals surface area contributed by atoms with Crippen LogP contribution in [-0.4, -0.2) is 30.6 Å². The molecule has 1 aromatic rings. The van der Waals surface area contributed by atoms with Gasteiger partial charge < -0.3 is 10.2 Å². The van der Waals surface area contributed by atoms with Crippen LogP contribution in [-0.2, 0) is 6.54 Å². The van der Waals surface area contributed by atoms with Gasteiger partial charge in [-0.3, -0.25) is 0 Å². The molecule has 0 amide bonds. The van der Waals surface area contributed by atoms with Crippen LogP contribution in [0.2, 0.25) is 0 Å². The van der Waals surface area contributed by atoms with Gasteiger partial charge in [-0.05, 0) is 38.4 Å². The number of benzene rings is 1. The van der Waals surface area contributed by atoms with Crippen LogP contribution in [0.3, 0.4) is 0 Å². The molecule has 0 bridgehead atoms. The summed E-state index contributed by atoms with van der Waals surface area (Å²) in [4.78, 5) is 2.50. The topological polar surface area (TPSA) is 15.3 Å². The van der Waals surface area contributed by atoms with E-state index in [1.54, 1.807) is 0 Å². The largest absolute Gasteiger partial charge is 0.312 e. The highest BCUT2D eigenvalue weighted by Crippen LogP contribution is 2.27. The van der Waals surface area contributed by atoms with E-state index in [0.29, 0.717) is 5.92 Å². The maximum absolute atomic E-state index is 3.54. The fourth-order valence-corrected chi connectivity index (χ4v) is 2.59. The van der Waals surface area contributed by atoms with Crippen LogP contribution in [0, 0.1) is 0 Å². The Bertz CT molecular complexity index is 398. The average molecular weight is 246 g/mol. The number of hydrogen-bond donors (Lipinski definition) is 1. The molecule has 2 rings (SSSR count). The van der Waals surface area contributed by atoms with Crippen LogP contribution in [0.5, 0.6) is 0 Å². The van der Waals surface area contributed by atoms with E-state index in [1.807, 2.05) is 0 Å². The average Bonchev–Trinajstić information content (AvgIpc) is 2.39. The Morgan fingerprint density at radius 1 is 1.33 bits per heavy atom. The number of likely N-dealkylation sites (N-methyl/N-ethyl adjacent to an activating group) is 1. The predicted molar refractivity (Wildman–Crippen MR) is 77.9 cm³/mol. The quantitative estimate of drug-likeness (QED) is 0.878. The number of nitrogens with zero attached hydrogens (tertiary/aromatic N) is 1. The minimum atomic E-state index is 0.284. The second-order valence-corrected chi connectivity index (χ2v) is 6.07. The molecule has 0 aromatic heterocycles. The molecule has 100 valence electrons. The fraction of sp³-hybridized carbons (Fsp3) is 0.625. The van der Waals surface area contributed by atoms with E-state index in [9.17, 15) is 0 Å². The molecule has 0 spiro atoms. The monoisotopic (exact) mass is 246 g/mol. The van der Waals surface area contributed by atoms with Crippen LogP contribution in [0.15, 0.2) is 24.3 Å². The summed E-state index contributed by atoms with van der Waals surface area (Å²) in [6.45, 7) is 10.2. The molecule has 1 aliphatic heterocycles. The summed E-state index contributed by atoms with van der Waals surface area (Å²) in [5, 5.41) is 3.54. The van der Waals surface area contributed by atoms with Gasteiger partial charge in [0.25, 0.3) is 0 Å². The van der Waals surface area contributed by atoms with Crippen molar-refractivity contribution in [2.45, 2.75) is 45.2 Å². The Morgan fingerprint density at radius 3 is 2.78 bits per heavy atom. The van der Waals surface area contributed by atoms with Crippen LogP contribution in [0.25, 0.3) is 0 Å². The van der Waals surface area contributed by atoms with Crippen molar-refractivity contribution in [2.75, 3.05) is 20.1 Å². The van der Waals surface area contributed by atoms with Crippen molar-refractivity contribution in [3.05, 3.63) is 35.4 Å². The Morgan fingerprint density at radius 2 is 2.06 bits per heavy atom. The third-order valence-electron chi connectivity index (χ3n) is 4.59. The van der Waals surface area contributed by atoms with E-state index in [1.165, 1.54) is 17.5 Å². The molecular formula is C16H26N2. The van der Waals surface area contributed by atoms with Crippen molar-refractivity contribution in [1.82, 2.24) is 10.2 Å². The zero-order valence-electron chi connectivity index (χ0n) is 12.2. The van der Waals surface area contributed by atoms with Gasteiger partial charge in [0.1, 0.15) is 0 Å². The first-order valence-corrected chi connectivity index (χ1v) is 7.04. The van der Waals surface area contributed by atoms with Crippen molar-refractivity contribution >= 4 is 0 Å². The third kappa shape index (κ3) is 2.76. The highest BCUT2D eigenvalue weighted by atomic mass is 15.2. The SMILES string of the molecule is CCC(C)(C)N(C)CC1CNCc2ccccc21. The fourth-order valence-electron chi connectivity index (χ4n) is 2.59. The standard InChI is InChI=1S/C16H26N2/c1-5-16(2,3)18(4)12-14-11-17-10-13-8-6-7-9-15(13)14/h6-9,14,17H,5,10-12H2,1-4H3. The number of hydrogen-bond acceptors (Lipinski definition) is 2.